The molecule has 2 N–H and O–H groups in total. The molecular formula is C31H54N4O2. The van der Waals surface area contributed by atoms with E-state index in [2.05, 4.69) is 48.5 Å². The Morgan fingerprint density at radius 1 is 1.14 bits per heavy atom. The highest BCUT2D eigenvalue weighted by Crippen LogP contribution is 2.26. The zero-order valence-electron chi connectivity index (χ0n) is 25.7. The number of hydrogen-bond donors (Lipinski definition) is 2. The molecule has 1 aromatic carbocycles. The Labute approximate surface area is 227 Å². The van der Waals surface area contributed by atoms with E-state index in [-0.39, 0.29) is 29.3 Å². The van der Waals surface area contributed by atoms with Gasteiger partial charge < -0.3 is 15.5 Å². The molecule has 210 valence electrons. The Hall–Kier alpha value is -2.47. The minimum atomic E-state index is -0.415. The summed E-state index contributed by atoms with van der Waals surface area (Å²) >= 11 is 0. The number of likely N-dealkylation sites (N-methyl/N-ethyl adjacent to an activating group) is 1. The molecule has 1 aliphatic rings. The van der Waals surface area contributed by atoms with E-state index in [0.717, 1.165) is 28.8 Å². The third-order valence-electron chi connectivity index (χ3n) is 6.31. The van der Waals surface area contributed by atoms with Gasteiger partial charge in [-0.3, -0.25) is 14.6 Å². The number of amides is 2. The van der Waals surface area contributed by atoms with Crippen LogP contribution in [0, 0.1) is 5.41 Å². The zero-order valence-corrected chi connectivity index (χ0v) is 25.7. The number of nitrogens with one attached hydrogen (secondary N) is 2. The van der Waals surface area contributed by atoms with Crippen molar-refractivity contribution in [1.82, 2.24) is 15.5 Å². The molecule has 6 nitrogen and oxygen atoms in total. The van der Waals surface area contributed by atoms with Gasteiger partial charge in [0, 0.05) is 18.5 Å². The van der Waals surface area contributed by atoms with Gasteiger partial charge in [0.05, 0.1) is 12.1 Å². The van der Waals surface area contributed by atoms with E-state index in [0.29, 0.717) is 13.0 Å². The topological polar surface area (TPSA) is 73.8 Å². The second-order valence-electron chi connectivity index (χ2n) is 10.4. The normalized spacial score (nSPS) is 17.6. The monoisotopic (exact) mass is 514 g/mol. The highest BCUT2D eigenvalue weighted by Gasteiger charge is 2.40. The van der Waals surface area contributed by atoms with E-state index in [4.69, 9.17) is 0 Å². The van der Waals surface area contributed by atoms with Gasteiger partial charge in [0.25, 0.3) is 0 Å². The molecule has 2 amide bonds. The molecule has 1 heterocycles. The standard InChI is InChI=1S/C26H40N4O2.C3H8.C2H6/c1-9-28-18(3)17(2)20-12-14-21(15-13-20)19(4)29-24(31)22-11-10-16-30(22)25(32)23(27-8)26(5,6)7;1-3-2;1-2/h9,12-15,19,22-23,27H,10-11,16H2,1-8H3,(H,29,31);3H2,1-2H3;1-2H3/b18-17+,28-9?;;. The summed E-state index contributed by atoms with van der Waals surface area (Å²) in [6, 6.07) is 7.33. The van der Waals surface area contributed by atoms with Crippen LogP contribution in [0.2, 0.25) is 0 Å². The van der Waals surface area contributed by atoms with Gasteiger partial charge in [0.2, 0.25) is 11.8 Å². The largest absolute Gasteiger partial charge is 0.348 e. The second kappa shape index (κ2) is 17.1. The minimum absolute atomic E-state index is 0.00188. The maximum Gasteiger partial charge on any atom is 0.243 e. The first-order valence-corrected chi connectivity index (χ1v) is 14.0. The predicted molar refractivity (Wildman–Crippen MR) is 160 cm³/mol. The van der Waals surface area contributed by atoms with Crippen LogP contribution in [0.3, 0.4) is 0 Å². The number of likely N-dealkylation sites (tertiary alicyclic amines) is 1. The third-order valence-corrected chi connectivity index (χ3v) is 6.31. The van der Waals surface area contributed by atoms with Crippen LogP contribution in [-0.2, 0) is 9.59 Å². The minimum Gasteiger partial charge on any atom is -0.348 e. The molecule has 0 aromatic heterocycles. The van der Waals surface area contributed by atoms with Crippen molar-refractivity contribution in [3.05, 3.63) is 41.1 Å². The lowest BCUT2D eigenvalue weighted by molar-refractivity contribution is -0.142. The van der Waals surface area contributed by atoms with Crippen molar-refractivity contribution in [2.45, 2.75) is 114 Å². The van der Waals surface area contributed by atoms with Crippen LogP contribution in [0.1, 0.15) is 113 Å². The van der Waals surface area contributed by atoms with Crippen molar-refractivity contribution in [1.29, 1.82) is 0 Å². The molecular weight excluding hydrogens is 460 g/mol. The molecule has 0 radical (unpaired) electrons. The number of nitrogens with zero attached hydrogens (tertiary/aromatic N) is 2. The molecule has 37 heavy (non-hydrogen) atoms. The SMILES string of the molecule is CC.CC=N/C(C)=C(\C)c1ccc(C(C)NC(=O)C2CCCN2C(=O)C(NC)C(C)(C)C)cc1.CCC. The molecule has 1 saturated heterocycles. The summed E-state index contributed by atoms with van der Waals surface area (Å²) < 4.78 is 0. The lowest BCUT2D eigenvalue weighted by atomic mass is 9.86. The van der Waals surface area contributed by atoms with Gasteiger partial charge >= 0.3 is 0 Å². The Bertz CT molecular complexity index is 881. The number of carbonyl (C=O) groups is 2. The molecule has 6 heteroatoms. The summed E-state index contributed by atoms with van der Waals surface area (Å²) in [4.78, 5) is 32.4. The zero-order chi connectivity index (χ0) is 28.8. The van der Waals surface area contributed by atoms with Crippen LogP contribution in [0.25, 0.3) is 5.57 Å². The van der Waals surface area contributed by atoms with Gasteiger partial charge in [-0.2, -0.15) is 0 Å². The van der Waals surface area contributed by atoms with E-state index >= 15 is 0 Å². The maximum absolute atomic E-state index is 13.2. The fraction of sp³-hybridized carbons (Fsp3) is 0.645. The van der Waals surface area contributed by atoms with Crippen molar-refractivity contribution in [2.75, 3.05) is 13.6 Å². The smallest absolute Gasteiger partial charge is 0.243 e. The molecule has 3 atom stereocenters. The van der Waals surface area contributed by atoms with Crippen molar-refractivity contribution in [2.24, 2.45) is 10.4 Å². The Morgan fingerprint density at radius 2 is 1.68 bits per heavy atom. The molecule has 0 spiro atoms. The van der Waals surface area contributed by atoms with Crippen LogP contribution in [0.15, 0.2) is 35.0 Å². The highest BCUT2D eigenvalue weighted by atomic mass is 16.2. The molecule has 1 aliphatic heterocycles. The highest BCUT2D eigenvalue weighted by molar-refractivity contribution is 5.91. The first-order valence-electron chi connectivity index (χ1n) is 14.0. The predicted octanol–water partition coefficient (Wildman–Crippen LogP) is 6.77. The summed E-state index contributed by atoms with van der Waals surface area (Å²) in [6.45, 7) is 22.9. The summed E-state index contributed by atoms with van der Waals surface area (Å²) in [5.74, 6) is -0.0811. The summed E-state index contributed by atoms with van der Waals surface area (Å²) in [7, 11) is 1.80. The fourth-order valence-corrected chi connectivity index (χ4v) is 4.31. The quantitative estimate of drug-likeness (QED) is 0.394. The van der Waals surface area contributed by atoms with E-state index in [1.165, 1.54) is 6.42 Å². The Balaban J connectivity index is 0.00000241. The van der Waals surface area contributed by atoms with E-state index in [1.54, 1.807) is 18.2 Å². The van der Waals surface area contributed by atoms with Crippen molar-refractivity contribution < 1.29 is 9.59 Å². The van der Waals surface area contributed by atoms with Gasteiger partial charge in [-0.05, 0) is 69.7 Å². The first-order chi connectivity index (χ1) is 17.4. The molecule has 3 unspecified atom stereocenters. The van der Waals surface area contributed by atoms with Gasteiger partial charge in [-0.25, -0.2) is 0 Å². The Kier molecular flexibility index (Phi) is 16.0. The molecule has 1 aromatic rings. The van der Waals surface area contributed by atoms with E-state index in [1.807, 2.05) is 67.5 Å². The lowest BCUT2D eigenvalue weighted by Gasteiger charge is -2.35. The van der Waals surface area contributed by atoms with Crippen LogP contribution in [-0.4, -0.2) is 48.6 Å². The maximum atomic E-state index is 13.2. The van der Waals surface area contributed by atoms with Gasteiger partial charge in [-0.15, -0.1) is 0 Å². The molecule has 2 rings (SSSR count). The Morgan fingerprint density at radius 3 is 2.14 bits per heavy atom. The average Bonchev–Trinajstić information content (AvgIpc) is 3.35. The molecule has 0 saturated carbocycles. The van der Waals surface area contributed by atoms with Crippen molar-refractivity contribution in [3.8, 4) is 0 Å². The van der Waals surface area contributed by atoms with Crippen LogP contribution < -0.4 is 10.6 Å². The number of allylic oxidation sites excluding steroid dienone is 2. The first kappa shape index (κ1) is 34.5. The summed E-state index contributed by atoms with van der Waals surface area (Å²) in [6.07, 6.45) is 4.59. The molecule has 1 fully saturated rings. The number of hydrogen-bond acceptors (Lipinski definition) is 4. The number of aliphatic imine (C=N–C) groups is 1. The average molecular weight is 515 g/mol. The summed E-state index contributed by atoms with van der Waals surface area (Å²) in [5, 5.41) is 6.26. The van der Waals surface area contributed by atoms with Gasteiger partial charge in [-0.1, -0.05) is 79.2 Å². The summed E-state index contributed by atoms with van der Waals surface area (Å²) in [5.41, 5.74) is 4.04. The van der Waals surface area contributed by atoms with E-state index in [9.17, 15) is 9.59 Å². The van der Waals surface area contributed by atoms with Crippen LogP contribution in [0.4, 0.5) is 0 Å². The number of benzene rings is 1. The van der Waals surface area contributed by atoms with Crippen LogP contribution >= 0.6 is 0 Å². The fourth-order valence-electron chi connectivity index (χ4n) is 4.31. The third kappa shape index (κ3) is 10.4. The van der Waals surface area contributed by atoms with Gasteiger partial charge in [0.15, 0.2) is 0 Å². The lowest BCUT2D eigenvalue weighted by Crippen LogP contribution is -2.55. The van der Waals surface area contributed by atoms with Crippen molar-refractivity contribution in [3.63, 3.8) is 0 Å². The van der Waals surface area contributed by atoms with Gasteiger partial charge in [0.1, 0.15) is 6.04 Å². The van der Waals surface area contributed by atoms with Crippen LogP contribution in [0.5, 0.6) is 0 Å². The number of carbonyl (C=O) groups excluding carboxylic acids is 2. The molecule has 0 aliphatic carbocycles. The van der Waals surface area contributed by atoms with Crippen molar-refractivity contribution >= 4 is 23.6 Å². The second-order valence-corrected chi connectivity index (χ2v) is 10.4. The number of rotatable bonds is 7. The van der Waals surface area contributed by atoms with E-state index < -0.39 is 6.04 Å². The molecule has 0 bridgehead atoms.